The fraction of sp³-hybridized carbons (Fsp3) is 0.185. The summed E-state index contributed by atoms with van der Waals surface area (Å²) in [5.74, 6) is -0.169. The molecule has 0 radical (unpaired) electrons. The zero-order valence-corrected chi connectivity index (χ0v) is 18.4. The van der Waals surface area contributed by atoms with E-state index in [0.29, 0.717) is 29.3 Å². The van der Waals surface area contributed by atoms with Crippen LogP contribution in [0.1, 0.15) is 22.3 Å². The second kappa shape index (κ2) is 7.68. The van der Waals surface area contributed by atoms with E-state index in [4.69, 9.17) is 4.74 Å². The van der Waals surface area contributed by atoms with Gasteiger partial charge < -0.3 is 9.64 Å². The normalized spacial score (nSPS) is 15.6. The first-order valence-electron chi connectivity index (χ1n) is 10.7. The summed E-state index contributed by atoms with van der Waals surface area (Å²) in [6.07, 6.45) is 0.829. The van der Waals surface area contributed by atoms with Gasteiger partial charge in [-0.3, -0.25) is 9.59 Å². The van der Waals surface area contributed by atoms with Crippen molar-refractivity contribution in [1.82, 2.24) is 0 Å². The number of anilines is 2. The molecule has 160 valence electrons. The standard InChI is InChI=1S/C27H24N2O3/c1-17-8-11-20(12-9-17)24-25(28-15-14-19-6-4-5-7-21(19)28)27(31)29(26(24)30)22-16-18(2)10-13-23(22)32-3/h4-13,16H,14-15H2,1-3H3. The van der Waals surface area contributed by atoms with Crippen LogP contribution >= 0.6 is 0 Å². The maximum atomic E-state index is 13.9. The van der Waals surface area contributed by atoms with Gasteiger partial charge in [0.15, 0.2) is 0 Å². The van der Waals surface area contributed by atoms with E-state index in [2.05, 4.69) is 6.07 Å². The van der Waals surface area contributed by atoms with Gasteiger partial charge in [0.05, 0.1) is 18.4 Å². The number of imide groups is 1. The number of para-hydroxylation sites is 1. The highest BCUT2D eigenvalue weighted by molar-refractivity contribution is 6.46. The number of aryl methyl sites for hydroxylation is 2. The lowest BCUT2D eigenvalue weighted by Gasteiger charge is -2.22. The Balaban J connectivity index is 1.71. The smallest absolute Gasteiger partial charge is 0.282 e. The van der Waals surface area contributed by atoms with Crippen molar-refractivity contribution in [2.24, 2.45) is 0 Å². The molecule has 3 aromatic carbocycles. The first kappa shape index (κ1) is 20.1. The minimum Gasteiger partial charge on any atom is -0.495 e. The van der Waals surface area contributed by atoms with Gasteiger partial charge >= 0.3 is 0 Å². The summed E-state index contributed by atoms with van der Waals surface area (Å²) in [5, 5.41) is 0. The number of ether oxygens (including phenoxy) is 1. The van der Waals surface area contributed by atoms with Gasteiger partial charge in [0.25, 0.3) is 11.8 Å². The molecule has 0 aliphatic carbocycles. The van der Waals surface area contributed by atoms with Crippen LogP contribution in [0.2, 0.25) is 0 Å². The number of rotatable bonds is 4. The molecule has 0 fully saturated rings. The van der Waals surface area contributed by atoms with E-state index in [9.17, 15) is 9.59 Å². The lowest BCUT2D eigenvalue weighted by Crippen LogP contribution is -2.35. The number of fused-ring (bicyclic) bond motifs is 1. The van der Waals surface area contributed by atoms with Crippen molar-refractivity contribution in [1.29, 1.82) is 0 Å². The third-order valence-corrected chi connectivity index (χ3v) is 6.13. The molecule has 5 nitrogen and oxygen atoms in total. The lowest BCUT2D eigenvalue weighted by molar-refractivity contribution is -0.120. The third kappa shape index (κ3) is 3.09. The Kier molecular flexibility index (Phi) is 4.82. The van der Waals surface area contributed by atoms with Crippen LogP contribution in [0.25, 0.3) is 5.57 Å². The first-order chi connectivity index (χ1) is 15.5. The number of methoxy groups -OCH3 is 1. The predicted octanol–water partition coefficient (Wildman–Crippen LogP) is 4.66. The van der Waals surface area contributed by atoms with E-state index in [1.807, 2.05) is 73.3 Å². The molecule has 0 aromatic heterocycles. The van der Waals surface area contributed by atoms with E-state index in [1.54, 1.807) is 13.2 Å². The van der Waals surface area contributed by atoms with Gasteiger partial charge in [0.1, 0.15) is 11.4 Å². The molecule has 0 atom stereocenters. The summed E-state index contributed by atoms with van der Waals surface area (Å²) in [6, 6.07) is 21.3. The summed E-state index contributed by atoms with van der Waals surface area (Å²) in [5.41, 5.74) is 6.25. The average molecular weight is 425 g/mol. The predicted molar refractivity (Wildman–Crippen MR) is 126 cm³/mol. The van der Waals surface area contributed by atoms with Crippen molar-refractivity contribution < 1.29 is 14.3 Å². The molecule has 0 saturated heterocycles. The minimum atomic E-state index is -0.331. The largest absolute Gasteiger partial charge is 0.495 e. The number of benzene rings is 3. The van der Waals surface area contributed by atoms with Crippen LogP contribution in [0, 0.1) is 13.8 Å². The van der Waals surface area contributed by atoms with Gasteiger partial charge in [0.2, 0.25) is 0 Å². The second-order valence-electron chi connectivity index (χ2n) is 8.24. The Labute approximate surface area is 187 Å². The summed E-state index contributed by atoms with van der Waals surface area (Å²) >= 11 is 0. The summed E-state index contributed by atoms with van der Waals surface area (Å²) in [7, 11) is 1.55. The summed E-state index contributed by atoms with van der Waals surface area (Å²) in [4.78, 5) is 31.0. The molecule has 0 spiro atoms. The quantitative estimate of drug-likeness (QED) is 0.572. The van der Waals surface area contributed by atoms with E-state index in [-0.39, 0.29) is 11.8 Å². The first-order valence-corrected chi connectivity index (χ1v) is 10.7. The van der Waals surface area contributed by atoms with Crippen LogP contribution in [-0.2, 0) is 16.0 Å². The SMILES string of the molecule is COc1ccc(C)cc1N1C(=O)C(c2ccc(C)cc2)=C(N2CCc3ccccc32)C1=O. The summed E-state index contributed by atoms with van der Waals surface area (Å²) < 4.78 is 5.50. The monoisotopic (exact) mass is 424 g/mol. The number of carbonyl (C=O) groups excluding carboxylic acids is 2. The third-order valence-electron chi connectivity index (χ3n) is 6.13. The number of carbonyl (C=O) groups is 2. The van der Waals surface area contributed by atoms with Gasteiger partial charge in [-0.25, -0.2) is 4.90 Å². The van der Waals surface area contributed by atoms with Crippen LogP contribution in [-0.4, -0.2) is 25.5 Å². The molecular weight excluding hydrogens is 400 g/mol. The van der Waals surface area contributed by atoms with Gasteiger partial charge in [-0.15, -0.1) is 0 Å². The van der Waals surface area contributed by atoms with Crippen LogP contribution < -0.4 is 14.5 Å². The minimum absolute atomic E-state index is 0.328. The van der Waals surface area contributed by atoms with Crippen molar-refractivity contribution in [3.63, 3.8) is 0 Å². The van der Waals surface area contributed by atoms with Crippen molar-refractivity contribution >= 4 is 28.8 Å². The molecule has 2 aliphatic heterocycles. The van der Waals surface area contributed by atoms with E-state index in [1.165, 1.54) is 10.5 Å². The number of hydrogen-bond acceptors (Lipinski definition) is 4. The molecule has 0 unspecified atom stereocenters. The highest BCUT2D eigenvalue weighted by Crippen LogP contribution is 2.42. The Hall–Kier alpha value is -3.86. The lowest BCUT2D eigenvalue weighted by atomic mass is 10.0. The van der Waals surface area contributed by atoms with E-state index in [0.717, 1.165) is 28.8 Å². The highest BCUT2D eigenvalue weighted by atomic mass is 16.5. The molecule has 2 amide bonds. The fourth-order valence-electron chi connectivity index (χ4n) is 4.51. The Morgan fingerprint density at radius 3 is 2.28 bits per heavy atom. The Bertz CT molecular complexity index is 1270. The topological polar surface area (TPSA) is 49.9 Å². The highest BCUT2D eigenvalue weighted by Gasteiger charge is 2.44. The number of hydrogen-bond donors (Lipinski definition) is 0. The van der Waals surface area contributed by atoms with Crippen molar-refractivity contribution in [2.45, 2.75) is 20.3 Å². The molecule has 0 N–H and O–H groups in total. The molecule has 0 bridgehead atoms. The molecule has 2 heterocycles. The zero-order chi connectivity index (χ0) is 22.4. The van der Waals surface area contributed by atoms with Gasteiger partial charge in [-0.1, -0.05) is 54.1 Å². The van der Waals surface area contributed by atoms with E-state index < -0.39 is 0 Å². The van der Waals surface area contributed by atoms with Crippen LogP contribution in [0.15, 0.2) is 72.4 Å². The Morgan fingerprint density at radius 1 is 0.812 bits per heavy atom. The maximum absolute atomic E-state index is 13.9. The molecule has 5 rings (SSSR count). The van der Waals surface area contributed by atoms with Gasteiger partial charge in [0, 0.05) is 12.2 Å². The molecule has 0 saturated carbocycles. The zero-order valence-electron chi connectivity index (χ0n) is 18.4. The van der Waals surface area contributed by atoms with Gasteiger partial charge in [-0.05, 0) is 55.2 Å². The van der Waals surface area contributed by atoms with Crippen LogP contribution in [0.3, 0.4) is 0 Å². The van der Waals surface area contributed by atoms with Crippen molar-refractivity contribution in [3.8, 4) is 5.75 Å². The van der Waals surface area contributed by atoms with Crippen molar-refractivity contribution in [2.75, 3.05) is 23.5 Å². The molecule has 32 heavy (non-hydrogen) atoms. The molecule has 5 heteroatoms. The van der Waals surface area contributed by atoms with Crippen LogP contribution in [0.4, 0.5) is 11.4 Å². The second-order valence-corrected chi connectivity index (χ2v) is 8.24. The Morgan fingerprint density at radius 2 is 1.53 bits per heavy atom. The van der Waals surface area contributed by atoms with Crippen molar-refractivity contribution in [3.05, 3.63) is 94.7 Å². The molecule has 3 aromatic rings. The maximum Gasteiger partial charge on any atom is 0.282 e. The molecular formula is C27H24N2O3. The van der Waals surface area contributed by atoms with Crippen LogP contribution in [0.5, 0.6) is 5.75 Å². The van der Waals surface area contributed by atoms with Gasteiger partial charge in [-0.2, -0.15) is 0 Å². The fourth-order valence-corrected chi connectivity index (χ4v) is 4.51. The van der Waals surface area contributed by atoms with E-state index >= 15 is 0 Å². The number of nitrogens with zero attached hydrogens (tertiary/aromatic N) is 2. The number of amides is 2. The average Bonchev–Trinajstić information content (AvgIpc) is 3.32. The summed E-state index contributed by atoms with van der Waals surface area (Å²) in [6.45, 7) is 4.59. The molecule has 2 aliphatic rings.